The van der Waals surface area contributed by atoms with E-state index >= 15 is 0 Å². The molecule has 1 fully saturated rings. The summed E-state index contributed by atoms with van der Waals surface area (Å²) >= 11 is 4.33. The molecule has 1 rings (SSSR count). The summed E-state index contributed by atoms with van der Waals surface area (Å²) in [6, 6.07) is -1.77. The highest BCUT2D eigenvalue weighted by atomic mass is 32.1. The van der Waals surface area contributed by atoms with Crippen LogP contribution in [0.4, 0.5) is 0 Å². The average molecular weight is 360 g/mol. The van der Waals surface area contributed by atoms with Gasteiger partial charge < -0.3 is 20.1 Å². The van der Waals surface area contributed by atoms with Gasteiger partial charge >= 0.3 is 5.97 Å². The van der Waals surface area contributed by atoms with Crippen LogP contribution in [0.15, 0.2) is 0 Å². The molecule has 7 nitrogen and oxygen atoms in total. The SMILES string of the molecule is CCC(C)C(S)C(=O)NC(C(=O)N1CCC[C@H]1C(=O)O)C(C)OC. The van der Waals surface area contributed by atoms with Crippen molar-refractivity contribution >= 4 is 30.4 Å². The second-order valence-corrected chi connectivity index (χ2v) is 6.84. The molecule has 0 spiro atoms. The van der Waals surface area contributed by atoms with Gasteiger partial charge in [-0.2, -0.15) is 12.6 Å². The molecule has 2 N–H and O–H groups in total. The lowest BCUT2D eigenvalue weighted by Gasteiger charge is -2.31. The zero-order valence-corrected chi connectivity index (χ0v) is 15.6. The van der Waals surface area contributed by atoms with Crippen molar-refractivity contribution in [3.05, 3.63) is 0 Å². The van der Waals surface area contributed by atoms with Crippen LogP contribution in [0.5, 0.6) is 0 Å². The maximum absolute atomic E-state index is 12.8. The van der Waals surface area contributed by atoms with Gasteiger partial charge in [-0.1, -0.05) is 20.3 Å². The molecule has 0 aliphatic carbocycles. The van der Waals surface area contributed by atoms with Gasteiger partial charge in [0.2, 0.25) is 11.8 Å². The number of hydrogen-bond donors (Lipinski definition) is 3. The van der Waals surface area contributed by atoms with Crippen molar-refractivity contribution in [3.63, 3.8) is 0 Å². The predicted molar refractivity (Wildman–Crippen MR) is 93.0 cm³/mol. The summed E-state index contributed by atoms with van der Waals surface area (Å²) in [6.07, 6.45) is 1.26. The van der Waals surface area contributed by atoms with Crippen LogP contribution < -0.4 is 5.32 Å². The van der Waals surface area contributed by atoms with Gasteiger partial charge in [0, 0.05) is 13.7 Å². The summed E-state index contributed by atoms with van der Waals surface area (Å²) in [6.45, 7) is 5.91. The minimum atomic E-state index is -1.03. The molecule has 0 saturated carbocycles. The standard InChI is InChI=1S/C16H28N2O5S/c1-5-9(2)13(24)14(19)17-12(10(3)23-4)15(20)18-8-6-7-11(18)16(21)22/h9-13,24H,5-8H2,1-4H3,(H,17,19)(H,21,22)/t9?,10?,11-,12?,13?/m0/s1. The van der Waals surface area contributed by atoms with E-state index in [0.717, 1.165) is 6.42 Å². The molecule has 0 aromatic rings. The Hall–Kier alpha value is -1.28. The fourth-order valence-corrected chi connectivity index (χ4v) is 2.99. The average Bonchev–Trinajstić information content (AvgIpc) is 3.06. The molecule has 24 heavy (non-hydrogen) atoms. The van der Waals surface area contributed by atoms with E-state index < -0.39 is 35.3 Å². The third-order valence-corrected chi connectivity index (χ3v) is 5.42. The minimum Gasteiger partial charge on any atom is -0.480 e. The number of hydrogen-bond acceptors (Lipinski definition) is 5. The largest absolute Gasteiger partial charge is 0.480 e. The van der Waals surface area contributed by atoms with Crippen LogP contribution in [0.3, 0.4) is 0 Å². The summed E-state index contributed by atoms with van der Waals surface area (Å²) in [5.74, 6) is -1.74. The number of carboxylic acids is 1. The molecule has 1 aliphatic rings. The first kappa shape index (κ1) is 20.8. The van der Waals surface area contributed by atoms with E-state index in [4.69, 9.17) is 4.74 Å². The highest BCUT2D eigenvalue weighted by molar-refractivity contribution is 7.81. The van der Waals surface area contributed by atoms with Gasteiger partial charge in [0.25, 0.3) is 0 Å². The maximum atomic E-state index is 12.8. The highest BCUT2D eigenvalue weighted by Crippen LogP contribution is 2.20. The smallest absolute Gasteiger partial charge is 0.326 e. The number of ether oxygens (including phenoxy) is 1. The van der Waals surface area contributed by atoms with Crippen LogP contribution in [0.25, 0.3) is 0 Å². The lowest BCUT2D eigenvalue weighted by Crippen LogP contribution is -2.57. The number of likely N-dealkylation sites (tertiary alicyclic amines) is 1. The summed E-state index contributed by atoms with van der Waals surface area (Å²) in [4.78, 5) is 37.8. The number of methoxy groups -OCH3 is 1. The van der Waals surface area contributed by atoms with E-state index in [1.54, 1.807) is 6.92 Å². The molecule has 138 valence electrons. The quantitative estimate of drug-likeness (QED) is 0.560. The Morgan fingerprint density at radius 2 is 2.00 bits per heavy atom. The van der Waals surface area contributed by atoms with E-state index in [2.05, 4.69) is 17.9 Å². The Morgan fingerprint density at radius 1 is 1.38 bits per heavy atom. The number of carbonyl (C=O) groups excluding carboxylic acids is 2. The van der Waals surface area contributed by atoms with Crippen molar-refractivity contribution in [2.24, 2.45) is 5.92 Å². The monoisotopic (exact) mass is 360 g/mol. The summed E-state index contributed by atoms with van der Waals surface area (Å²) in [5, 5.41) is 11.4. The first-order valence-corrected chi connectivity index (χ1v) is 8.80. The van der Waals surface area contributed by atoms with Crippen LogP contribution >= 0.6 is 12.6 Å². The van der Waals surface area contributed by atoms with Crippen molar-refractivity contribution in [1.82, 2.24) is 10.2 Å². The van der Waals surface area contributed by atoms with Gasteiger partial charge in [-0.15, -0.1) is 0 Å². The van der Waals surface area contributed by atoms with Gasteiger partial charge in [-0.05, 0) is 25.7 Å². The number of nitrogens with one attached hydrogen (secondary N) is 1. The summed E-state index contributed by atoms with van der Waals surface area (Å²) in [5.41, 5.74) is 0. The summed E-state index contributed by atoms with van der Waals surface area (Å²) in [7, 11) is 1.45. The van der Waals surface area contributed by atoms with Crippen molar-refractivity contribution in [1.29, 1.82) is 0 Å². The fraction of sp³-hybridized carbons (Fsp3) is 0.812. The topological polar surface area (TPSA) is 95.9 Å². The minimum absolute atomic E-state index is 0.0560. The number of rotatable bonds is 8. The third kappa shape index (κ3) is 4.86. The van der Waals surface area contributed by atoms with Crippen molar-refractivity contribution < 1.29 is 24.2 Å². The number of thiol groups is 1. The Labute approximate surface area is 148 Å². The van der Waals surface area contributed by atoms with Crippen LogP contribution in [0, 0.1) is 5.92 Å². The van der Waals surface area contributed by atoms with Gasteiger partial charge in [0.05, 0.1) is 11.4 Å². The van der Waals surface area contributed by atoms with Crippen LogP contribution in [-0.4, -0.2) is 64.9 Å². The molecule has 8 heteroatoms. The van der Waals surface area contributed by atoms with Gasteiger partial charge in [-0.25, -0.2) is 4.79 Å². The first-order valence-electron chi connectivity index (χ1n) is 8.29. The van der Waals surface area contributed by atoms with E-state index in [1.807, 2.05) is 13.8 Å². The van der Waals surface area contributed by atoms with Crippen LogP contribution in [0.2, 0.25) is 0 Å². The Kier molecular flexibility index (Phi) is 8.02. The Morgan fingerprint density at radius 3 is 2.50 bits per heavy atom. The molecule has 5 atom stereocenters. The molecule has 1 saturated heterocycles. The van der Waals surface area contributed by atoms with Gasteiger partial charge in [-0.3, -0.25) is 9.59 Å². The molecule has 1 heterocycles. The van der Waals surface area contributed by atoms with E-state index in [1.165, 1.54) is 12.0 Å². The molecule has 0 aromatic carbocycles. The molecular formula is C16H28N2O5S. The second kappa shape index (κ2) is 9.27. The van der Waals surface area contributed by atoms with E-state index in [9.17, 15) is 19.5 Å². The van der Waals surface area contributed by atoms with Crippen molar-refractivity contribution in [2.45, 2.75) is 63.5 Å². The maximum Gasteiger partial charge on any atom is 0.326 e. The second-order valence-electron chi connectivity index (χ2n) is 6.29. The molecule has 1 aliphatic heterocycles. The molecular weight excluding hydrogens is 332 g/mol. The van der Waals surface area contributed by atoms with Crippen LogP contribution in [-0.2, 0) is 19.1 Å². The van der Waals surface area contributed by atoms with Crippen molar-refractivity contribution in [2.75, 3.05) is 13.7 Å². The fourth-order valence-electron chi connectivity index (χ4n) is 2.70. The van der Waals surface area contributed by atoms with Gasteiger partial charge in [0.15, 0.2) is 0 Å². The summed E-state index contributed by atoms with van der Waals surface area (Å²) < 4.78 is 5.22. The van der Waals surface area contributed by atoms with Crippen LogP contribution in [0.1, 0.15) is 40.0 Å². The lowest BCUT2D eigenvalue weighted by atomic mass is 10.0. The molecule has 2 amide bonds. The molecule has 0 radical (unpaired) electrons. The Bertz CT molecular complexity index is 473. The molecule has 0 bridgehead atoms. The predicted octanol–water partition coefficient (Wildman–Crippen LogP) is 0.926. The number of aliphatic carboxylic acids is 1. The number of amides is 2. The Balaban J connectivity index is 2.91. The number of carbonyl (C=O) groups is 3. The lowest BCUT2D eigenvalue weighted by molar-refractivity contribution is -0.151. The highest BCUT2D eigenvalue weighted by Gasteiger charge is 2.40. The van der Waals surface area contributed by atoms with Crippen molar-refractivity contribution in [3.8, 4) is 0 Å². The molecule has 4 unspecified atom stereocenters. The number of nitrogens with zero attached hydrogens (tertiary/aromatic N) is 1. The number of carboxylic acid groups (broad SMARTS) is 1. The zero-order valence-electron chi connectivity index (χ0n) is 14.7. The first-order chi connectivity index (χ1) is 11.2. The van der Waals surface area contributed by atoms with Gasteiger partial charge in [0.1, 0.15) is 12.1 Å². The third-order valence-electron chi connectivity index (χ3n) is 4.68. The molecule has 0 aromatic heterocycles. The van der Waals surface area contributed by atoms with E-state index in [-0.39, 0.29) is 11.8 Å². The zero-order chi connectivity index (χ0) is 18.4. The normalized spacial score (nSPS) is 22.5. The van der Waals surface area contributed by atoms with E-state index in [0.29, 0.717) is 19.4 Å².